The molecule has 0 fully saturated rings. The normalized spacial score (nSPS) is 10.8. The van der Waals surface area contributed by atoms with Crippen molar-refractivity contribution in [3.63, 3.8) is 0 Å². The molecule has 0 saturated carbocycles. The number of rotatable bonds is 3. The molecule has 2 rings (SSSR count). The molecule has 0 radical (unpaired) electrons. The van der Waals surface area contributed by atoms with Gasteiger partial charge in [-0.05, 0) is 31.2 Å². The van der Waals surface area contributed by atoms with Gasteiger partial charge < -0.3 is 0 Å². The second-order valence-corrected chi connectivity index (χ2v) is 5.46. The number of hydrogen-bond acceptors (Lipinski definition) is 3. The Morgan fingerprint density at radius 2 is 2.22 bits per heavy atom. The number of benzene rings is 1. The van der Waals surface area contributed by atoms with Crippen LogP contribution in [0.25, 0.3) is 0 Å². The summed E-state index contributed by atoms with van der Waals surface area (Å²) >= 11 is 7.19. The second-order valence-electron chi connectivity index (χ2n) is 3.71. The molecule has 1 heterocycles. The highest BCUT2D eigenvalue weighted by molar-refractivity contribution is 7.17. The first-order valence-electron chi connectivity index (χ1n) is 5.30. The number of carbonyl (C=O) groups is 1. The largest absolute Gasteiger partial charge is 0.271 e. The van der Waals surface area contributed by atoms with Gasteiger partial charge in [0, 0.05) is 10.4 Å². The van der Waals surface area contributed by atoms with E-state index in [2.05, 4.69) is 10.5 Å². The first-order valence-corrected chi connectivity index (χ1v) is 6.50. The summed E-state index contributed by atoms with van der Waals surface area (Å²) in [6.45, 7) is 1.94. The zero-order valence-electron chi connectivity index (χ0n) is 9.68. The number of halogens is 1. The van der Waals surface area contributed by atoms with Crippen molar-refractivity contribution in [1.29, 1.82) is 0 Å². The van der Waals surface area contributed by atoms with Crippen LogP contribution in [0.1, 0.15) is 20.8 Å². The van der Waals surface area contributed by atoms with Crippen LogP contribution in [0.2, 0.25) is 4.34 Å². The first-order chi connectivity index (χ1) is 8.65. The molecule has 0 aliphatic carbocycles. The van der Waals surface area contributed by atoms with Crippen LogP contribution >= 0.6 is 22.9 Å². The number of hydrogen-bond donors (Lipinski definition) is 1. The van der Waals surface area contributed by atoms with Gasteiger partial charge in [-0.25, -0.2) is 5.43 Å². The van der Waals surface area contributed by atoms with Crippen LogP contribution in [0.15, 0.2) is 41.5 Å². The summed E-state index contributed by atoms with van der Waals surface area (Å²) < 4.78 is 0.696. The van der Waals surface area contributed by atoms with Crippen LogP contribution in [0.5, 0.6) is 0 Å². The van der Waals surface area contributed by atoms with Crippen LogP contribution in [-0.4, -0.2) is 12.1 Å². The average Bonchev–Trinajstić information content (AvgIpc) is 2.75. The molecule has 5 heteroatoms. The Labute approximate surface area is 114 Å². The molecule has 0 spiro atoms. The maximum Gasteiger partial charge on any atom is 0.271 e. The third kappa shape index (κ3) is 3.42. The van der Waals surface area contributed by atoms with Gasteiger partial charge in [-0.2, -0.15) is 5.10 Å². The molecule has 1 N–H and O–H groups in total. The van der Waals surface area contributed by atoms with E-state index in [0.29, 0.717) is 9.90 Å². The zero-order valence-corrected chi connectivity index (χ0v) is 11.3. The maximum atomic E-state index is 11.7. The molecule has 0 saturated heterocycles. The Hall–Kier alpha value is -1.65. The minimum Gasteiger partial charge on any atom is -0.267 e. The fourth-order valence-corrected chi connectivity index (χ4v) is 2.34. The average molecular weight is 279 g/mol. The third-order valence-corrected chi connectivity index (χ3v) is 3.40. The van der Waals surface area contributed by atoms with Gasteiger partial charge in [-0.1, -0.05) is 29.3 Å². The maximum absolute atomic E-state index is 11.7. The third-order valence-electron chi connectivity index (χ3n) is 2.23. The first kappa shape index (κ1) is 12.8. The standard InChI is InChI=1S/C13H11ClN2OS/c1-9-3-2-4-10(7-9)13(17)16-15-8-11-5-6-12(14)18-11/h2-8H,1H3,(H,16,17)/b15-8+. The number of nitrogens with zero attached hydrogens (tertiary/aromatic N) is 1. The minimum atomic E-state index is -0.224. The molecule has 0 unspecified atom stereocenters. The number of nitrogens with one attached hydrogen (secondary N) is 1. The van der Waals surface area contributed by atoms with E-state index in [1.165, 1.54) is 11.3 Å². The van der Waals surface area contributed by atoms with Gasteiger partial charge in [0.05, 0.1) is 10.6 Å². The summed E-state index contributed by atoms with van der Waals surface area (Å²) in [5.74, 6) is -0.224. The quantitative estimate of drug-likeness (QED) is 0.678. The Bertz CT molecular complexity index is 592. The molecule has 18 heavy (non-hydrogen) atoms. The Morgan fingerprint density at radius 3 is 2.89 bits per heavy atom. The van der Waals surface area contributed by atoms with E-state index in [4.69, 9.17) is 11.6 Å². The fraction of sp³-hybridized carbons (Fsp3) is 0.0769. The molecule has 0 aliphatic heterocycles. The van der Waals surface area contributed by atoms with Crippen molar-refractivity contribution in [3.8, 4) is 0 Å². The molecule has 1 aromatic heterocycles. The molecule has 2 aromatic rings. The monoisotopic (exact) mass is 278 g/mol. The number of aryl methyl sites for hydroxylation is 1. The van der Waals surface area contributed by atoms with Gasteiger partial charge in [0.1, 0.15) is 0 Å². The van der Waals surface area contributed by atoms with E-state index in [1.807, 2.05) is 31.2 Å². The number of amides is 1. The SMILES string of the molecule is Cc1cccc(C(=O)N/N=C/c2ccc(Cl)s2)c1. The van der Waals surface area contributed by atoms with Crippen molar-refractivity contribution < 1.29 is 4.79 Å². The fourth-order valence-electron chi connectivity index (χ4n) is 1.40. The van der Waals surface area contributed by atoms with Gasteiger partial charge in [0.25, 0.3) is 5.91 Å². The lowest BCUT2D eigenvalue weighted by Gasteiger charge is -2.00. The summed E-state index contributed by atoms with van der Waals surface area (Å²) in [6.07, 6.45) is 1.57. The molecule has 3 nitrogen and oxygen atoms in total. The highest BCUT2D eigenvalue weighted by atomic mass is 35.5. The van der Waals surface area contributed by atoms with Gasteiger partial charge >= 0.3 is 0 Å². The highest BCUT2D eigenvalue weighted by Gasteiger charge is 2.03. The number of thiophene rings is 1. The summed E-state index contributed by atoms with van der Waals surface area (Å²) in [4.78, 5) is 12.6. The van der Waals surface area contributed by atoms with E-state index in [0.717, 1.165) is 10.4 Å². The van der Waals surface area contributed by atoms with Gasteiger partial charge in [0.15, 0.2) is 0 Å². The topological polar surface area (TPSA) is 41.5 Å². The molecule has 0 aliphatic rings. The predicted molar refractivity (Wildman–Crippen MR) is 75.6 cm³/mol. The van der Waals surface area contributed by atoms with Crippen molar-refractivity contribution in [1.82, 2.24) is 5.43 Å². The van der Waals surface area contributed by atoms with E-state index >= 15 is 0 Å². The van der Waals surface area contributed by atoms with Gasteiger partial charge in [0.2, 0.25) is 0 Å². The molecular formula is C13H11ClN2OS. The van der Waals surface area contributed by atoms with E-state index in [9.17, 15) is 4.79 Å². The lowest BCUT2D eigenvalue weighted by Crippen LogP contribution is -2.17. The van der Waals surface area contributed by atoms with Crippen molar-refractivity contribution in [2.45, 2.75) is 6.92 Å². The van der Waals surface area contributed by atoms with Crippen molar-refractivity contribution in [2.75, 3.05) is 0 Å². The summed E-state index contributed by atoms with van der Waals surface area (Å²) in [7, 11) is 0. The molecule has 1 aromatic carbocycles. The van der Waals surface area contributed by atoms with Gasteiger partial charge in [-0.3, -0.25) is 4.79 Å². The summed E-state index contributed by atoms with van der Waals surface area (Å²) in [6, 6.07) is 11.0. The lowest BCUT2D eigenvalue weighted by atomic mass is 10.1. The van der Waals surface area contributed by atoms with Crippen LogP contribution in [0.3, 0.4) is 0 Å². The van der Waals surface area contributed by atoms with E-state index < -0.39 is 0 Å². The Balaban J connectivity index is 1.98. The van der Waals surface area contributed by atoms with Crippen molar-refractivity contribution >= 4 is 35.1 Å². The second kappa shape index (κ2) is 5.80. The predicted octanol–water partition coefficient (Wildman–Crippen LogP) is 3.47. The highest BCUT2D eigenvalue weighted by Crippen LogP contribution is 2.19. The molecule has 1 amide bonds. The molecule has 0 atom stereocenters. The van der Waals surface area contributed by atoms with E-state index in [-0.39, 0.29) is 5.91 Å². The molecule has 0 bridgehead atoms. The van der Waals surface area contributed by atoms with Crippen LogP contribution in [0.4, 0.5) is 0 Å². The lowest BCUT2D eigenvalue weighted by molar-refractivity contribution is 0.0955. The zero-order chi connectivity index (χ0) is 13.0. The number of hydrazone groups is 1. The number of carbonyl (C=O) groups excluding carboxylic acids is 1. The smallest absolute Gasteiger partial charge is 0.267 e. The van der Waals surface area contributed by atoms with Gasteiger partial charge in [-0.15, -0.1) is 11.3 Å². The van der Waals surface area contributed by atoms with Crippen LogP contribution in [0, 0.1) is 6.92 Å². The van der Waals surface area contributed by atoms with Crippen LogP contribution in [-0.2, 0) is 0 Å². The van der Waals surface area contributed by atoms with Crippen LogP contribution < -0.4 is 5.43 Å². The Morgan fingerprint density at radius 1 is 1.39 bits per heavy atom. The molecule has 92 valence electrons. The minimum absolute atomic E-state index is 0.224. The van der Waals surface area contributed by atoms with Crippen molar-refractivity contribution in [2.24, 2.45) is 5.10 Å². The Kier molecular flexibility index (Phi) is 4.12. The summed E-state index contributed by atoms with van der Waals surface area (Å²) in [5.41, 5.74) is 4.11. The van der Waals surface area contributed by atoms with Crippen molar-refractivity contribution in [3.05, 3.63) is 56.7 Å². The van der Waals surface area contributed by atoms with E-state index in [1.54, 1.807) is 18.3 Å². The summed E-state index contributed by atoms with van der Waals surface area (Å²) in [5, 5.41) is 3.89. The molecular weight excluding hydrogens is 268 g/mol.